The van der Waals surface area contributed by atoms with E-state index in [0.717, 1.165) is 33.0 Å². The summed E-state index contributed by atoms with van der Waals surface area (Å²) in [6.45, 7) is 1.98. The van der Waals surface area contributed by atoms with Crippen LogP contribution in [0.2, 0.25) is 0 Å². The molecule has 1 aromatic carbocycles. The van der Waals surface area contributed by atoms with Gasteiger partial charge in [-0.05, 0) is 41.8 Å². The van der Waals surface area contributed by atoms with E-state index in [2.05, 4.69) is 15.9 Å². The van der Waals surface area contributed by atoms with Crippen LogP contribution in [0.1, 0.15) is 18.1 Å². The molecule has 1 nitrogen and oxygen atoms in total. The Hall–Kier alpha value is -1.15. The quantitative estimate of drug-likeness (QED) is 0.696. The number of hydrogen-bond donors (Lipinski definition) is 0. The van der Waals surface area contributed by atoms with Crippen LogP contribution >= 0.6 is 15.9 Å². The lowest BCUT2D eigenvalue weighted by molar-refractivity contribution is -0.103. The first kappa shape index (κ1) is 9.41. The predicted octanol–water partition coefficient (Wildman–Crippen LogP) is 3.45. The maximum absolute atomic E-state index is 10.8. The van der Waals surface area contributed by atoms with E-state index in [9.17, 15) is 4.79 Å². The summed E-state index contributed by atoms with van der Waals surface area (Å²) < 4.78 is 1.00. The van der Waals surface area contributed by atoms with Crippen LogP contribution in [0.15, 0.2) is 34.8 Å². The molecule has 0 fully saturated rings. The second kappa shape index (κ2) is 3.54. The number of aldehydes is 1. The molecule has 0 bridgehead atoms. The van der Waals surface area contributed by atoms with Crippen molar-refractivity contribution < 1.29 is 4.79 Å². The van der Waals surface area contributed by atoms with Gasteiger partial charge in [0.2, 0.25) is 0 Å². The normalized spacial score (nSPS) is 16.7. The van der Waals surface area contributed by atoms with Gasteiger partial charge in [-0.3, -0.25) is 4.79 Å². The zero-order chi connectivity index (χ0) is 10.1. The lowest BCUT2D eigenvalue weighted by Crippen LogP contribution is -1.84. The second-order valence-electron chi connectivity index (χ2n) is 3.15. The van der Waals surface area contributed by atoms with Crippen molar-refractivity contribution in [2.24, 2.45) is 0 Å². The van der Waals surface area contributed by atoms with E-state index in [1.165, 1.54) is 0 Å². The molecule has 0 aromatic heterocycles. The van der Waals surface area contributed by atoms with Crippen LogP contribution in [0.5, 0.6) is 0 Å². The molecule has 1 aliphatic rings. The van der Waals surface area contributed by atoms with E-state index in [1.54, 1.807) is 0 Å². The molecule has 0 atom stereocenters. The highest BCUT2D eigenvalue weighted by atomic mass is 79.9. The van der Waals surface area contributed by atoms with Gasteiger partial charge in [0, 0.05) is 10.0 Å². The summed E-state index contributed by atoms with van der Waals surface area (Å²) in [7, 11) is 0. The van der Waals surface area contributed by atoms with Gasteiger partial charge in [0.1, 0.15) is 0 Å². The van der Waals surface area contributed by atoms with Crippen LogP contribution in [-0.2, 0) is 4.79 Å². The average Bonchev–Trinajstić information content (AvgIpc) is 2.55. The minimum atomic E-state index is 0.759. The van der Waals surface area contributed by atoms with Gasteiger partial charge in [0.15, 0.2) is 6.29 Å². The standard InChI is InChI=1S/C12H9BrO/c1-2-8-5-9(7-14)12-6-10(13)3-4-11(8)12/h2-7H,1H3/b8-2+. The number of benzene rings is 1. The highest BCUT2D eigenvalue weighted by Crippen LogP contribution is 2.35. The first-order valence-corrected chi connectivity index (χ1v) is 5.19. The molecular weight excluding hydrogens is 240 g/mol. The first-order valence-electron chi connectivity index (χ1n) is 4.39. The number of fused-ring (bicyclic) bond motifs is 1. The predicted molar refractivity (Wildman–Crippen MR) is 61.8 cm³/mol. The van der Waals surface area contributed by atoms with Gasteiger partial charge in [0.05, 0.1) is 0 Å². The highest BCUT2D eigenvalue weighted by Gasteiger charge is 2.16. The Kier molecular flexibility index (Phi) is 2.38. The SMILES string of the molecule is C/C=C1\C=C(C=O)c2cc(Br)ccc21. The molecule has 0 N–H and O–H groups in total. The van der Waals surface area contributed by atoms with Crippen LogP contribution in [-0.4, -0.2) is 6.29 Å². The van der Waals surface area contributed by atoms with Gasteiger partial charge in [-0.25, -0.2) is 0 Å². The topological polar surface area (TPSA) is 17.1 Å². The molecule has 2 rings (SSSR count). The summed E-state index contributed by atoms with van der Waals surface area (Å²) in [4.78, 5) is 10.8. The lowest BCUT2D eigenvalue weighted by atomic mass is 10.0. The second-order valence-corrected chi connectivity index (χ2v) is 4.07. The van der Waals surface area contributed by atoms with Crippen molar-refractivity contribution >= 4 is 33.4 Å². The molecule has 0 saturated carbocycles. The molecule has 0 spiro atoms. The molecule has 0 amide bonds. The van der Waals surface area contributed by atoms with E-state index in [-0.39, 0.29) is 0 Å². The Morgan fingerprint density at radius 3 is 2.71 bits per heavy atom. The van der Waals surface area contributed by atoms with Crippen molar-refractivity contribution in [2.45, 2.75) is 6.92 Å². The summed E-state index contributed by atoms with van der Waals surface area (Å²) in [5, 5.41) is 0. The number of halogens is 1. The molecule has 0 heterocycles. The largest absolute Gasteiger partial charge is 0.298 e. The Morgan fingerprint density at radius 1 is 1.29 bits per heavy atom. The van der Waals surface area contributed by atoms with Crippen LogP contribution in [0.3, 0.4) is 0 Å². The number of allylic oxidation sites excluding steroid dienone is 4. The van der Waals surface area contributed by atoms with Crippen LogP contribution in [0, 0.1) is 0 Å². The molecule has 1 aromatic rings. The molecule has 0 unspecified atom stereocenters. The summed E-state index contributed by atoms with van der Waals surface area (Å²) in [6.07, 6.45) is 4.84. The first-order chi connectivity index (χ1) is 6.76. The maximum atomic E-state index is 10.8. The zero-order valence-electron chi connectivity index (χ0n) is 7.75. The van der Waals surface area contributed by atoms with Gasteiger partial charge in [0.25, 0.3) is 0 Å². The summed E-state index contributed by atoms with van der Waals surface area (Å²) >= 11 is 3.40. The van der Waals surface area contributed by atoms with Gasteiger partial charge < -0.3 is 0 Å². The Morgan fingerprint density at radius 2 is 2.07 bits per heavy atom. The molecule has 0 saturated heterocycles. The number of carbonyl (C=O) groups is 1. The van der Waals surface area contributed by atoms with Crippen LogP contribution < -0.4 is 0 Å². The minimum absolute atomic E-state index is 0.759. The summed E-state index contributed by atoms with van der Waals surface area (Å²) in [6, 6.07) is 6.00. The average molecular weight is 249 g/mol. The maximum Gasteiger partial charge on any atom is 0.150 e. The van der Waals surface area contributed by atoms with E-state index >= 15 is 0 Å². The fourth-order valence-corrected chi connectivity index (χ4v) is 2.03. The van der Waals surface area contributed by atoms with Gasteiger partial charge in [-0.2, -0.15) is 0 Å². The fraction of sp³-hybridized carbons (Fsp3) is 0.0833. The smallest absolute Gasteiger partial charge is 0.150 e. The number of rotatable bonds is 1. The summed E-state index contributed by atoms with van der Waals surface area (Å²) in [5.74, 6) is 0. The van der Waals surface area contributed by atoms with Crippen molar-refractivity contribution in [1.82, 2.24) is 0 Å². The molecule has 0 aliphatic heterocycles. The monoisotopic (exact) mass is 248 g/mol. The van der Waals surface area contributed by atoms with Crippen molar-refractivity contribution in [3.05, 3.63) is 46.0 Å². The molecule has 14 heavy (non-hydrogen) atoms. The minimum Gasteiger partial charge on any atom is -0.298 e. The number of hydrogen-bond acceptors (Lipinski definition) is 1. The van der Waals surface area contributed by atoms with Crippen LogP contribution in [0.25, 0.3) is 11.1 Å². The Bertz CT molecular complexity index is 455. The van der Waals surface area contributed by atoms with E-state index in [0.29, 0.717) is 0 Å². The van der Waals surface area contributed by atoms with Gasteiger partial charge >= 0.3 is 0 Å². The third-order valence-electron chi connectivity index (χ3n) is 2.35. The van der Waals surface area contributed by atoms with Crippen molar-refractivity contribution in [3.63, 3.8) is 0 Å². The van der Waals surface area contributed by atoms with E-state index < -0.39 is 0 Å². The molecule has 0 radical (unpaired) electrons. The molecular formula is C12H9BrO. The third-order valence-corrected chi connectivity index (χ3v) is 2.85. The van der Waals surface area contributed by atoms with E-state index in [1.807, 2.05) is 37.3 Å². The zero-order valence-corrected chi connectivity index (χ0v) is 9.34. The van der Waals surface area contributed by atoms with Crippen molar-refractivity contribution in [3.8, 4) is 0 Å². The number of carbonyl (C=O) groups excluding carboxylic acids is 1. The highest BCUT2D eigenvalue weighted by molar-refractivity contribution is 9.10. The lowest BCUT2D eigenvalue weighted by Gasteiger charge is -2.01. The Labute approximate surface area is 91.3 Å². The molecule has 70 valence electrons. The fourth-order valence-electron chi connectivity index (χ4n) is 1.67. The Balaban J connectivity index is 2.68. The van der Waals surface area contributed by atoms with Crippen molar-refractivity contribution in [2.75, 3.05) is 0 Å². The third kappa shape index (κ3) is 1.36. The van der Waals surface area contributed by atoms with Gasteiger partial charge in [-0.1, -0.05) is 28.1 Å². The summed E-state index contributed by atoms with van der Waals surface area (Å²) in [5.41, 5.74) is 4.03. The van der Waals surface area contributed by atoms with Gasteiger partial charge in [-0.15, -0.1) is 0 Å². The molecule has 1 aliphatic carbocycles. The van der Waals surface area contributed by atoms with Crippen LogP contribution in [0.4, 0.5) is 0 Å². The molecule has 2 heteroatoms. The van der Waals surface area contributed by atoms with E-state index in [4.69, 9.17) is 0 Å². The van der Waals surface area contributed by atoms with Crippen molar-refractivity contribution in [1.29, 1.82) is 0 Å².